The summed E-state index contributed by atoms with van der Waals surface area (Å²) in [5, 5.41) is 6.69. The van der Waals surface area contributed by atoms with Gasteiger partial charge in [0.1, 0.15) is 5.82 Å². The molecule has 0 amide bonds. The van der Waals surface area contributed by atoms with Crippen molar-refractivity contribution in [3.05, 3.63) is 42.1 Å². The van der Waals surface area contributed by atoms with Gasteiger partial charge in [0.25, 0.3) is 0 Å². The van der Waals surface area contributed by atoms with Gasteiger partial charge in [-0.15, -0.1) is 0 Å². The maximum atomic E-state index is 11.5. The van der Waals surface area contributed by atoms with Gasteiger partial charge in [-0.2, -0.15) is 4.98 Å². The molecular weight excluding hydrogens is 316 g/mol. The lowest BCUT2D eigenvalue weighted by molar-refractivity contribution is 0.0601. The lowest BCUT2D eigenvalue weighted by atomic mass is 10.1. The van der Waals surface area contributed by atoms with Crippen LogP contribution in [0.1, 0.15) is 48.9 Å². The van der Waals surface area contributed by atoms with Crippen molar-refractivity contribution in [2.75, 3.05) is 17.7 Å². The molecule has 0 spiro atoms. The van der Waals surface area contributed by atoms with Crippen LogP contribution >= 0.6 is 0 Å². The molecule has 132 valence electrons. The Bertz CT molecular complexity index is 695. The van der Waals surface area contributed by atoms with Gasteiger partial charge in [0, 0.05) is 17.9 Å². The molecule has 1 aliphatic carbocycles. The fraction of sp³-hybridized carbons (Fsp3) is 0.421. The molecule has 2 N–H and O–H groups in total. The lowest BCUT2D eigenvalue weighted by Crippen LogP contribution is -2.20. The Labute approximate surface area is 148 Å². The van der Waals surface area contributed by atoms with Crippen molar-refractivity contribution >= 4 is 23.4 Å². The Kier molecular flexibility index (Phi) is 5.82. The maximum Gasteiger partial charge on any atom is 0.337 e. The summed E-state index contributed by atoms with van der Waals surface area (Å²) in [4.78, 5) is 20.3. The van der Waals surface area contributed by atoms with E-state index in [0.717, 1.165) is 11.5 Å². The van der Waals surface area contributed by atoms with E-state index in [4.69, 9.17) is 4.74 Å². The monoisotopic (exact) mass is 340 g/mol. The standard InChI is InChI=1S/C19H24N4O2/c1-25-18(24)14-8-10-16(11-9-14)21-17-12-13-20-19(23-17)22-15-6-4-2-3-5-7-15/h8-13,15H,2-7H2,1H3,(H2,20,21,22,23). The molecule has 6 nitrogen and oxygen atoms in total. The van der Waals surface area contributed by atoms with E-state index in [2.05, 4.69) is 20.6 Å². The number of hydrogen-bond donors (Lipinski definition) is 2. The van der Waals surface area contributed by atoms with E-state index in [1.54, 1.807) is 18.3 Å². The van der Waals surface area contributed by atoms with Crippen LogP contribution in [-0.4, -0.2) is 29.1 Å². The predicted octanol–water partition coefficient (Wildman–Crippen LogP) is 4.14. The Balaban J connectivity index is 1.63. The first kappa shape index (κ1) is 17.2. The average molecular weight is 340 g/mol. The summed E-state index contributed by atoms with van der Waals surface area (Å²) < 4.78 is 4.70. The van der Waals surface area contributed by atoms with E-state index in [1.165, 1.54) is 45.6 Å². The van der Waals surface area contributed by atoms with Crippen LogP contribution in [0.5, 0.6) is 0 Å². The van der Waals surface area contributed by atoms with Crippen molar-refractivity contribution in [2.24, 2.45) is 0 Å². The number of carbonyl (C=O) groups excluding carboxylic acids is 1. The molecule has 1 aromatic carbocycles. The zero-order chi connectivity index (χ0) is 17.5. The van der Waals surface area contributed by atoms with Crippen LogP contribution in [0.3, 0.4) is 0 Å². The van der Waals surface area contributed by atoms with E-state index < -0.39 is 0 Å². The summed E-state index contributed by atoms with van der Waals surface area (Å²) in [6.45, 7) is 0. The maximum absolute atomic E-state index is 11.5. The smallest absolute Gasteiger partial charge is 0.337 e. The fourth-order valence-corrected chi connectivity index (χ4v) is 3.06. The second kappa shape index (κ2) is 8.46. The van der Waals surface area contributed by atoms with E-state index in [0.29, 0.717) is 17.6 Å². The van der Waals surface area contributed by atoms with Gasteiger partial charge in [0.15, 0.2) is 0 Å². The third-order valence-corrected chi connectivity index (χ3v) is 4.42. The van der Waals surface area contributed by atoms with Gasteiger partial charge < -0.3 is 15.4 Å². The van der Waals surface area contributed by atoms with Crippen molar-refractivity contribution in [1.82, 2.24) is 9.97 Å². The van der Waals surface area contributed by atoms with Crippen LogP contribution < -0.4 is 10.6 Å². The SMILES string of the molecule is COC(=O)c1ccc(Nc2ccnc(NC3CCCCCC3)n2)cc1. The Morgan fingerprint density at radius 3 is 2.48 bits per heavy atom. The molecule has 6 heteroatoms. The third kappa shape index (κ3) is 4.92. The highest BCUT2D eigenvalue weighted by Crippen LogP contribution is 2.21. The van der Waals surface area contributed by atoms with Crippen LogP contribution in [-0.2, 0) is 4.74 Å². The molecule has 25 heavy (non-hydrogen) atoms. The number of nitrogens with one attached hydrogen (secondary N) is 2. The number of ether oxygens (including phenoxy) is 1. The van der Waals surface area contributed by atoms with Gasteiger partial charge >= 0.3 is 5.97 Å². The minimum absolute atomic E-state index is 0.344. The average Bonchev–Trinajstić information content (AvgIpc) is 2.91. The molecule has 1 fully saturated rings. The highest BCUT2D eigenvalue weighted by molar-refractivity contribution is 5.89. The largest absolute Gasteiger partial charge is 0.465 e. The van der Waals surface area contributed by atoms with Crippen molar-refractivity contribution in [1.29, 1.82) is 0 Å². The van der Waals surface area contributed by atoms with Gasteiger partial charge in [0.2, 0.25) is 5.95 Å². The molecule has 1 aliphatic rings. The number of aromatic nitrogens is 2. The molecular formula is C19H24N4O2. The second-order valence-electron chi connectivity index (χ2n) is 6.29. The minimum atomic E-state index is -0.344. The van der Waals surface area contributed by atoms with E-state index >= 15 is 0 Å². The first-order valence-electron chi connectivity index (χ1n) is 8.79. The number of benzene rings is 1. The van der Waals surface area contributed by atoms with E-state index in [9.17, 15) is 4.79 Å². The van der Waals surface area contributed by atoms with Crippen LogP contribution in [0.2, 0.25) is 0 Å². The summed E-state index contributed by atoms with van der Waals surface area (Å²) >= 11 is 0. The number of rotatable bonds is 5. The molecule has 1 saturated carbocycles. The number of carbonyl (C=O) groups is 1. The van der Waals surface area contributed by atoms with Crippen LogP contribution in [0.4, 0.5) is 17.5 Å². The molecule has 0 saturated heterocycles. The zero-order valence-corrected chi connectivity index (χ0v) is 14.5. The Morgan fingerprint density at radius 2 is 1.80 bits per heavy atom. The van der Waals surface area contributed by atoms with Gasteiger partial charge in [-0.25, -0.2) is 9.78 Å². The molecule has 0 atom stereocenters. The molecule has 0 unspecified atom stereocenters. The van der Waals surface area contributed by atoms with Gasteiger partial charge in [-0.3, -0.25) is 0 Å². The summed E-state index contributed by atoms with van der Waals surface area (Å²) in [5.41, 5.74) is 1.37. The number of hydrogen-bond acceptors (Lipinski definition) is 6. The summed E-state index contributed by atoms with van der Waals surface area (Å²) in [6, 6.07) is 9.38. The normalized spacial score (nSPS) is 15.2. The van der Waals surface area contributed by atoms with Crippen molar-refractivity contribution < 1.29 is 9.53 Å². The van der Waals surface area contributed by atoms with Gasteiger partial charge in [0.05, 0.1) is 12.7 Å². The Hall–Kier alpha value is -2.63. The first-order chi connectivity index (χ1) is 12.2. The van der Waals surface area contributed by atoms with Crippen molar-refractivity contribution in [3.63, 3.8) is 0 Å². The number of esters is 1. The minimum Gasteiger partial charge on any atom is -0.465 e. The van der Waals surface area contributed by atoms with E-state index in [1.807, 2.05) is 18.2 Å². The van der Waals surface area contributed by atoms with Crippen LogP contribution in [0, 0.1) is 0 Å². The summed E-state index contributed by atoms with van der Waals surface area (Å²) in [6.07, 6.45) is 9.28. The zero-order valence-electron chi connectivity index (χ0n) is 14.5. The number of methoxy groups -OCH3 is 1. The lowest BCUT2D eigenvalue weighted by Gasteiger charge is -2.16. The molecule has 1 aromatic heterocycles. The van der Waals surface area contributed by atoms with Crippen molar-refractivity contribution in [2.45, 2.75) is 44.6 Å². The quantitative estimate of drug-likeness (QED) is 0.629. The summed E-state index contributed by atoms with van der Waals surface area (Å²) in [5.74, 6) is 1.03. The molecule has 1 heterocycles. The molecule has 0 aliphatic heterocycles. The molecule has 3 rings (SSSR count). The van der Waals surface area contributed by atoms with Crippen LogP contribution in [0.15, 0.2) is 36.5 Å². The summed E-state index contributed by atoms with van der Waals surface area (Å²) in [7, 11) is 1.37. The number of nitrogens with zero attached hydrogens (tertiary/aromatic N) is 2. The van der Waals surface area contributed by atoms with Gasteiger partial charge in [-0.05, 0) is 43.2 Å². The topological polar surface area (TPSA) is 76.1 Å². The third-order valence-electron chi connectivity index (χ3n) is 4.42. The predicted molar refractivity (Wildman–Crippen MR) is 98.2 cm³/mol. The second-order valence-corrected chi connectivity index (χ2v) is 6.29. The number of anilines is 3. The Morgan fingerprint density at radius 1 is 1.08 bits per heavy atom. The van der Waals surface area contributed by atoms with Crippen molar-refractivity contribution in [3.8, 4) is 0 Å². The van der Waals surface area contributed by atoms with E-state index in [-0.39, 0.29) is 5.97 Å². The van der Waals surface area contributed by atoms with Crippen LogP contribution in [0.25, 0.3) is 0 Å². The van der Waals surface area contributed by atoms with Gasteiger partial charge in [-0.1, -0.05) is 25.7 Å². The molecule has 2 aromatic rings. The first-order valence-corrected chi connectivity index (χ1v) is 8.79. The fourth-order valence-electron chi connectivity index (χ4n) is 3.06. The highest BCUT2D eigenvalue weighted by Gasteiger charge is 2.13. The highest BCUT2D eigenvalue weighted by atomic mass is 16.5. The molecule has 0 radical (unpaired) electrons. The molecule has 0 bridgehead atoms.